The number of aliphatic carboxylic acids is 1. The Labute approximate surface area is 307 Å². The molecular weight excluding hydrogens is 719 g/mol. The Morgan fingerprint density at radius 3 is 2.08 bits per heavy atom. The molecule has 1 aromatic rings. The van der Waals surface area contributed by atoms with Crippen LogP contribution >= 0.6 is 19.4 Å². The van der Waals surface area contributed by atoms with Gasteiger partial charge in [0.05, 0.1) is 6.54 Å². The lowest BCUT2D eigenvalue weighted by Crippen LogP contribution is -2.60. The van der Waals surface area contributed by atoms with E-state index < -0.39 is 91.6 Å². The summed E-state index contributed by atoms with van der Waals surface area (Å²) in [6, 6.07) is -0.0694. The molecule has 0 bridgehead atoms. The van der Waals surface area contributed by atoms with Crippen LogP contribution in [0.2, 0.25) is 0 Å². The van der Waals surface area contributed by atoms with Gasteiger partial charge in [-0.05, 0) is 60.7 Å². The summed E-state index contributed by atoms with van der Waals surface area (Å²) in [6.45, 7) is 6.83. The van der Waals surface area contributed by atoms with E-state index in [9.17, 15) is 53.3 Å². The van der Waals surface area contributed by atoms with Crippen molar-refractivity contribution < 1.29 is 53.3 Å². The van der Waals surface area contributed by atoms with E-state index in [4.69, 9.17) is 5.73 Å². The second-order valence-electron chi connectivity index (χ2n) is 13.5. The first-order valence-corrected chi connectivity index (χ1v) is 20.1. The molecule has 0 radical (unpaired) electrons. The topological polar surface area (TPSA) is 278 Å². The zero-order valence-corrected chi connectivity index (χ0v) is 31.8. The Balaban J connectivity index is 2.25. The second kappa shape index (κ2) is 20.6. The third-order valence-corrected chi connectivity index (χ3v) is 10.1. The molecule has 1 unspecified atom stereocenters. The number of thioether (sulfide) groups is 1. The predicted molar refractivity (Wildman–Crippen MR) is 194 cm³/mol. The number of aliphatic hydroxyl groups excluding tert-OH is 1. The average molecular weight is 773 g/mol. The molecule has 0 spiro atoms. The molecule has 1 saturated heterocycles. The fourth-order valence-electron chi connectivity index (χ4n) is 5.71. The van der Waals surface area contributed by atoms with Gasteiger partial charge in [-0.1, -0.05) is 52.0 Å². The highest BCUT2D eigenvalue weighted by Gasteiger charge is 2.40. The summed E-state index contributed by atoms with van der Waals surface area (Å²) in [4.78, 5) is 98.4. The van der Waals surface area contributed by atoms with Crippen molar-refractivity contribution in [3.8, 4) is 0 Å². The number of amides is 5. The standard InChI is InChI=1S/C33H53N6O11PS/c1-18(2)15-24(32(45)46)37-28(41)22(12-14-52-5)36-30(43)25-7-6-13-39(25)31(44)27(19(3)4)38-29(42)23(35-26(40)17-34)16-20-8-10-21(11-9-20)33(47)51(48,49)50/h8-11,18-19,22-25,27,33,47H,6-7,12-17,34H2,1-5H3,(H,35,40)(H,36,43)(H,37,41)(H,38,42)(H,45,46)(H2,48,49,50)/t22-,23+,24-,25-,27-,33?/m0/s1. The van der Waals surface area contributed by atoms with Crippen molar-refractivity contribution in [3.05, 3.63) is 35.4 Å². The molecule has 5 amide bonds. The summed E-state index contributed by atoms with van der Waals surface area (Å²) in [5.41, 5.74) is 5.88. The van der Waals surface area contributed by atoms with Gasteiger partial charge in [0, 0.05) is 13.0 Å². The summed E-state index contributed by atoms with van der Waals surface area (Å²) >= 11 is 1.45. The van der Waals surface area contributed by atoms with Gasteiger partial charge >= 0.3 is 13.6 Å². The Hall–Kier alpha value is -3.54. The number of hydrogen-bond acceptors (Lipinski definition) is 10. The second-order valence-corrected chi connectivity index (χ2v) is 16.2. The van der Waals surface area contributed by atoms with Crippen molar-refractivity contribution >= 4 is 54.9 Å². The minimum absolute atomic E-state index is 0.00955. The molecule has 6 atom stereocenters. The number of nitrogens with zero attached hydrogens (tertiary/aromatic N) is 1. The van der Waals surface area contributed by atoms with Crippen molar-refractivity contribution in [1.82, 2.24) is 26.2 Å². The van der Waals surface area contributed by atoms with Crippen LogP contribution < -0.4 is 27.0 Å². The van der Waals surface area contributed by atoms with Crippen molar-refractivity contribution in [2.75, 3.05) is 25.1 Å². The zero-order chi connectivity index (χ0) is 39.3. The molecule has 19 heteroatoms. The van der Waals surface area contributed by atoms with Gasteiger partial charge in [0.2, 0.25) is 29.5 Å². The molecule has 2 rings (SSSR count). The van der Waals surface area contributed by atoms with Gasteiger partial charge in [0.1, 0.15) is 30.2 Å². The number of aliphatic hydroxyl groups is 1. The first kappa shape index (κ1) is 44.6. The fraction of sp³-hybridized carbons (Fsp3) is 0.636. The van der Waals surface area contributed by atoms with Crippen LogP contribution in [0.4, 0.5) is 0 Å². The van der Waals surface area contributed by atoms with Gasteiger partial charge in [-0.25, -0.2) is 4.79 Å². The molecule has 0 aromatic heterocycles. The van der Waals surface area contributed by atoms with Crippen LogP contribution in [0.25, 0.3) is 0 Å². The Kier molecular flexibility index (Phi) is 17.7. The third-order valence-electron chi connectivity index (χ3n) is 8.51. The monoisotopic (exact) mass is 772 g/mol. The number of benzene rings is 1. The largest absolute Gasteiger partial charge is 0.480 e. The summed E-state index contributed by atoms with van der Waals surface area (Å²) < 4.78 is 11.4. The molecule has 0 aliphatic carbocycles. The van der Waals surface area contributed by atoms with E-state index in [2.05, 4.69) is 21.3 Å². The van der Waals surface area contributed by atoms with Crippen molar-refractivity contribution in [3.63, 3.8) is 0 Å². The van der Waals surface area contributed by atoms with Crippen molar-refractivity contribution in [1.29, 1.82) is 0 Å². The van der Waals surface area contributed by atoms with Crippen LogP contribution in [-0.4, -0.2) is 116 Å². The fourth-order valence-corrected chi connectivity index (χ4v) is 6.74. The number of likely N-dealkylation sites (tertiary alicyclic amines) is 1. The molecule has 1 aliphatic rings. The Morgan fingerprint density at radius 1 is 0.942 bits per heavy atom. The number of carbonyl (C=O) groups is 6. The van der Waals surface area contributed by atoms with E-state index in [0.29, 0.717) is 24.2 Å². The number of carboxylic acid groups (broad SMARTS) is 1. The maximum absolute atomic E-state index is 14.0. The van der Waals surface area contributed by atoms with Gasteiger partial charge < -0.3 is 51.9 Å². The van der Waals surface area contributed by atoms with Crippen LogP contribution in [0.15, 0.2) is 24.3 Å². The summed E-state index contributed by atoms with van der Waals surface area (Å²) in [5.74, 6) is -6.36. The molecule has 1 aliphatic heterocycles. The summed E-state index contributed by atoms with van der Waals surface area (Å²) in [7, 11) is -4.82. The smallest absolute Gasteiger partial charge is 0.358 e. The van der Waals surface area contributed by atoms with E-state index >= 15 is 0 Å². The highest BCUT2D eigenvalue weighted by molar-refractivity contribution is 7.98. The summed E-state index contributed by atoms with van der Waals surface area (Å²) in [5, 5.41) is 30.0. The molecule has 10 N–H and O–H groups in total. The van der Waals surface area contributed by atoms with E-state index in [1.165, 1.54) is 40.9 Å². The number of rotatable bonds is 20. The molecule has 0 saturated carbocycles. The number of carbonyl (C=O) groups excluding carboxylic acids is 5. The number of carboxylic acids is 1. The molecule has 292 valence electrons. The highest BCUT2D eigenvalue weighted by atomic mass is 32.2. The van der Waals surface area contributed by atoms with Crippen LogP contribution in [0.1, 0.15) is 70.4 Å². The van der Waals surface area contributed by atoms with E-state index in [1.807, 2.05) is 20.1 Å². The Morgan fingerprint density at radius 2 is 1.56 bits per heavy atom. The van der Waals surface area contributed by atoms with Crippen LogP contribution in [-0.2, 0) is 39.8 Å². The maximum Gasteiger partial charge on any atom is 0.358 e. The third kappa shape index (κ3) is 13.5. The van der Waals surface area contributed by atoms with Gasteiger partial charge in [-0.15, -0.1) is 0 Å². The molecule has 1 heterocycles. The number of nitrogens with two attached hydrogens (primary N) is 1. The molecular formula is C33H53N6O11PS. The Bertz CT molecular complexity index is 1460. The SMILES string of the molecule is CSCC[C@H](NC(=O)[C@@H]1CCCN1C(=O)[C@@H](NC(=O)[C@@H](Cc1ccc(C(O)P(=O)(O)O)cc1)NC(=O)CN)C(C)C)C(=O)N[C@@H](CC(C)C)C(=O)O. The molecule has 52 heavy (non-hydrogen) atoms. The maximum atomic E-state index is 14.0. The van der Waals surface area contributed by atoms with Crippen LogP contribution in [0.5, 0.6) is 0 Å². The van der Waals surface area contributed by atoms with Crippen LogP contribution in [0, 0.1) is 11.8 Å². The average Bonchev–Trinajstić information content (AvgIpc) is 3.57. The minimum Gasteiger partial charge on any atom is -0.480 e. The normalized spacial score (nSPS) is 17.5. The first-order chi connectivity index (χ1) is 24.3. The lowest BCUT2D eigenvalue weighted by atomic mass is 9.99. The molecule has 1 aromatic carbocycles. The minimum atomic E-state index is -4.82. The first-order valence-electron chi connectivity index (χ1n) is 17.0. The van der Waals surface area contributed by atoms with Crippen LogP contribution in [0.3, 0.4) is 0 Å². The van der Waals surface area contributed by atoms with Crippen molar-refractivity contribution in [2.45, 2.75) is 95.9 Å². The summed E-state index contributed by atoms with van der Waals surface area (Å²) in [6.07, 6.45) is 2.92. The van der Waals surface area contributed by atoms with Gasteiger partial charge in [-0.3, -0.25) is 28.5 Å². The zero-order valence-electron chi connectivity index (χ0n) is 30.1. The van der Waals surface area contributed by atoms with E-state index in [0.717, 1.165) is 0 Å². The number of hydrogen-bond donors (Lipinski definition) is 9. The predicted octanol–water partition coefficient (Wildman–Crippen LogP) is -0.174. The van der Waals surface area contributed by atoms with Gasteiger partial charge in [0.15, 0.2) is 5.85 Å². The lowest BCUT2D eigenvalue weighted by molar-refractivity contribution is -0.144. The lowest BCUT2D eigenvalue weighted by Gasteiger charge is -2.32. The van der Waals surface area contributed by atoms with E-state index in [-0.39, 0.29) is 37.3 Å². The van der Waals surface area contributed by atoms with Crippen molar-refractivity contribution in [2.24, 2.45) is 17.6 Å². The van der Waals surface area contributed by atoms with E-state index in [1.54, 1.807) is 13.8 Å². The number of nitrogens with one attached hydrogen (secondary N) is 4. The molecule has 17 nitrogen and oxygen atoms in total. The highest BCUT2D eigenvalue weighted by Crippen LogP contribution is 2.49. The van der Waals surface area contributed by atoms with Gasteiger partial charge in [0.25, 0.3) is 0 Å². The quantitative estimate of drug-likeness (QED) is 0.0780. The molecule has 1 fully saturated rings. The van der Waals surface area contributed by atoms with Gasteiger partial charge in [-0.2, -0.15) is 11.8 Å².